The fraction of sp³-hybridized carbons (Fsp3) is 0.538. The van der Waals surface area contributed by atoms with Gasteiger partial charge in [0.1, 0.15) is 5.82 Å². The smallest absolute Gasteiger partial charge is 0.211 e. The zero-order chi connectivity index (χ0) is 15.2. The van der Waals surface area contributed by atoms with Crippen molar-refractivity contribution in [2.24, 2.45) is 0 Å². The number of hydrogen-bond acceptors (Lipinski definition) is 3. The minimum Gasteiger partial charge on any atom is -0.312 e. The van der Waals surface area contributed by atoms with Crippen LogP contribution in [0.5, 0.6) is 0 Å². The third-order valence-corrected chi connectivity index (χ3v) is 4.68. The van der Waals surface area contributed by atoms with E-state index in [4.69, 9.17) is 11.6 Å². The van der Waals surface area contributed by atoms with Gasteiger partial charge in [0.05, 0.1) is 6.26 Å². The molecule has 0 spiro atoms. The summed E-state index contributed by atoms with van der Waals surface area (Å²) in [6.45, 7) is 3.63. The Bertz CT molecular complexity index is 517. The van der Waals surface area contributed by atoms with Crippen LogP contribution in [0.25, 0.3) is 0 Å². The van der Waals surface area contributed by atoms with E-state index in [1.54, 1.807) is 19.1 Å². The standard InChI is InChI=1S/C13H20ClFN2O2S/c1-3-17(20(2,18)19)9-5-8-16-10-11-12(14)6-4-7-13(11)15/h4,6-7,16H,3,5,8-10H2,1-2H3. The first-order valence-corrected chi connectivity index (χ1v) is 8.67. The first-order valence-electron chi connectivity index (χ1n) is 6.45. The summed E-state index contributed by atoms with van der Waals surface area (Å²) in [6, 6.07) is 4.57. The Morgan fingerprint density at radius 1 is 1.40 bits per heavy atom. The van der Waals surface area contributed by atoms with Crippen LogP contribution in [0.3, 0.4) is 0 Å². The highest BCUT2D eigenvalue weighted by Crippen LogP contribution is 2.18. The van der Waals surface area contributed by atoms with Crippen LogP contribution >= 0.6 is 11.6 Å². The molecule has 7 heteroatoms. The molecule has 0 saturated heterocycles. The molecule has 4 nitrogen and oxygen atoms in total. The van der Waals surface area contributed by atoms with E-state index in [-0.39, 0.29) is 5.82 Å². The summed E-state index contributed by atoms with van der Waals surface area (Å²) < 4.78 is 37.6. The number of sulfonamides is 1. The average Bonchev–Trinajstić information content (AvgIpc) is 2.35. The van der Waals surface area contributed by atoms with Crippen LogP contribution in [0.2, 0.25) is 5.02 Å². The molecule has 1 aromatic carbocycles. The monoisotopic (exact) mass is 322 g/mol. The lowest BCUT2D eigenvalue weighted by Gasteiger charge is -2.17. The zero-order valence-electron chi connectivity index (χ0n) is 11.7. The molecule has 0 aliphatic rings. The summed E-state index contributed by atoms with van der Waals surface area (Å²) in [5, 5.41) is 3.46. The highest BCUT2D eigenvalue weighted by molar-refractivity contribution is 7.88. The van der Waals surface area contributed by atoms with Gasteiger partial charge in [-0.15, -0.1) is 0 Å². The molecule has 114 valence electrons. The summed E-state index contributed by atoms with van der Waals surface area (Å²) in [7, 11) is -3.14. The maximum absolute atomic E-state index is 13.5. The number of nitrogens with zero attached hydrogens (tertiary/aromatic N) is 1. The number of nitrogens with one attached hydrogen (secondary N) is 1. The van der Waals surface area contributed by atoms with Crippen LogP contribution in [-0.4, -0.2) is 38.6 Å². The number of rotatable bonds is 8. The number of halogens is 2. The molecule has 0 aromatic heterocycles. The van der Waals surface area contributed by atoms with Gasteiger partial charge in [0.15, 0.2) is 0 Å². The minimum atomic E-state index is -3.14. The van der Waals surface area contributed by atoms with Crippen LogP contribution in [-0.2, 0) is 16.6 Å². The lowest BCUT2D eigenvalue weighted by molar-refractivity contribution is 0.418. The predicted molar refractivity (Wildman–Crippen MR) is 79.8 cm³/mol. The summed E-state index contributed by atoms with van der Waals surface area (Å²) in [5.74, 6) is -0.337. The first-order chi connectivity index (χ1) is 9.36. The molecule has 0 radical (unpaired) electrons. The van der Waals surface area contributed by atoms with Gasteiger partial charge in [-0.3, -0.25) is 0 Å². The molecule has 0 bridgehead atoms. The third kappa shape index (κ3) is 5.36. The van der Waals surface area contributed by atoms with Gasteiger partial charge in [-0.05, 0) is 25.1 Å². The molecule has 0 saturated carbocycles. The Labute approximate surface area is 125 Å². The molecule has 0 atom stereocenters. The SMILES string of the molecule is CCN(CCCNCc1c(F)cccc1Cl)S(C)(=O)=O. The van der Waals surface area contributed by atoms with Gasteiger partial charge in [-0.1, -0.05) is 24.6 Å². The van der Waals surface area contributed by atoms with Crippen LogP contribution in [0.4, 0.5) is 4.39 Å². The molecule has 0 fully saturated rings. The summed E-state index contributed by atoms with van der Waals surface area (Å²) in [4.78, 5) is 0. The van der Waals surface area contributed by atoms with Crippen molar-refractivity contribution in [3.05, 3.63) is 34.6 Å². The van der Waals surface area contributed by atoms with Crippen LogP contribution in [0, 0.1) is 5.82 Å². The fourth-order valence-corrected chi connectivity index (χ4v) is 3.01. The van der Waals surface area contributed by atoms with Crippen molar-refractivity contribution in [3.63, 3.8) is 0 Å². The summed E-state index contributed by atoms with van der Waals surface area (Å²) in [5.41, 5.74) is 0.435. The van der Waals surface area contributed by atoms with Crippen LogP contribution in [0.1, 0.15) is 18.9 Å². The molecular formula is C13H20ClFN2O2S. The normalized spacial score (nSPS) is 12.1. The molecule has 1 N–H and O–H groups in total. The molecule has 0 unspecified atom stereocenters. The van der Waals surface area contributed by atoms with Crippen molar-refractivity contribution in [2.45, 2.75) is 19.9 Å². The Hall–Kier alpha value is -0.690. The maximum Gasteiger partial charge on any atom is 0.211 e. The second-order valence-electron chi connectivity index (χ2n) is 4.49. The fourth-order valence-electron chi connectivity index (χ4n) is 1.85. The maximum atomic E-state index is 13.5. The Morgan fingerprint density at radius 3 is 2.65 bits per heavy atom. The van der Waals surface area contributed by atoms with E-state index >= 15 is 0 Å². The second-order valence-corrected chi connectivity index (χ2v) is 6.87. The molecule has 0 aliphatic carbocycles. The van der Waals surface area contributed by atoms with Crippen molar-refractivity contribution in [3.8, 4) is 0 Å². The van der Waals surface area contributed by atoms with Crippen molar-refractivity contribution < 1.29 is 12.8 Å². The van der Waals surface area contributed by atoms with Crippen molar-refractivity contribution in [1.29, 1.82) is 0 Å². The van der Waals surface area contributed by atoms with E-state index in [1.165, 1.54) is 16.6 Å². The van der Waals surface area contributed by atoms with Gasteiger partial charge in [-0.2, -0.15) is 0 Å². The van der Waals surface area contributed by atoms with E-state index in [0.29, 0.717) is 43.2 Å². The molecule has 20 heavy (non-hydrogen) atoms. The van der Waals surface area contributed by atoms with Gasteiger partial charge in [0.2, 0.25) is 10.0 Å². The van der Waals surface area contributed by atoms with Crippen LogP contribution < -0.4 is 5.32 Å². The van der Waals surface area contributed by atoms with E-state index in [1.807, 2.05) is 0 Å². The molecule has 1 rings (SSSR count). The quantitative estimate of drug-likeness (QED) is 0.747. The highest BCUT2D eigenvalue weighted by Gasteiger charge is 2.13. The lowest BCUT2D eigenvalue weighted by atomic mass is 10.2. The van der Waals surface area contributed by atoms with Crippen molar-refractivity contribution >= 4 is 21.6 Å². The molecule has 0 aliphatic heterocycles. The summed E-state index contributed by atoms with van der Waals surface area (Å²) >= 11 is 5.91. The van der Waals surface area contributed by atoms with Gasteiger partial charge < -0.3 is 5.32 Å². The third-order valence-electron chi connectivity index (χ3n) is 2.95. The number of hydrogen-bond donors (Lipinski definition) is 1. The van der Waals surface area contributed by atoms with Crippen molar-refractivity contribution in [2.75, 3.05) is 25.9 Å². The molecule has 1 aromatic rings. The van der Waals surface area contributed by atoms with E-state index in [2.05, 4.69) is 5.32 Å². The molecule has 0 amide bonds. The van der Waals surface area contributed by atoms with Gasteiger partial charge in [0.25, 0.3) is 0 Å². The number of benzene rings is 1. The largest absolute Gasteiger partial charge is 0.312 e. The Morgan fingerprint density at radius 2 is 2.10 bits per heavy atom. The van der Waals surface area contributed by atoms with Crippen LogP contribution in [0.15, 0.2) is 18.2 Å². The highest BCUT2D eigenvalue weighted by atomic mass is 35.5. The topological polar surface area (TPSA) is 49.4 Å². The second kappa shape index (κ2) is 7.93. The van der Waals surface area contributed by atoms with E-state index in [9.17, 15) is 12.8 Å². The predicted octanol–water partition coefficient (Wildman–Crippen LogP) is 2.24. The van der Waals surface area contributed by atoms with Gasteiger partial charge in [0, 0.05) is 30.2 Å². The first kappa shape index (κ1) is 17.4. The summed E-state index contributed by atoms with van der Waals surface area (Å²) in [6.07, 6.45) is 1.86. The minimum absolute atomic E-state index is 0.330. The van der Waals surface area contributed by atoms with Crippen molar-refractivity contribution in [1.82, 2.24) is 9.62 Å². The average molecular weight is 323 g/mol. The molecule has 0 heterocycles. The Kier molecular flexibility index (Phi) is 6.88. The Balaban J connectivity index is 2.36. The zero-order valence-corrected chi connectivity index (χ0v) is 13.3. The van der Waals surface area contributed by atoms with Gasteiger partial charge in [-0.25, -0.2) is 17.1 Å². The lowest BCUT2D eigenvalue weighted by Crippen LogP contribution is -2.32. The van der Waals surface area contributed by atoms with E-state index < -0.39 is 10.0 Å². The van der Waals surface area contributed by atoms with Gasteiger partial charge >= 0.3 is 0 Å². The molecular weight excluding hydrogens is 303 g/mol. The van der Waals surface area contributed by atoms with E-state index in [0.717, 1.165) is 0 Å².